The maximum Gasteiger partial charge on any atom is 0.258 e. The fraction of sp³-hybridized carbons (Fsp3) is 0.310. The zero-order valence-electron chi connectivity index (χ0n) is 20.1. The largest absolute Gasteiger partial charge is 0.494 e. The topological polar surface area (TPSA) is 58.6 Å². The maximum atomic E-state index is 13.1. The van der Waals surface area contributed by atoms with E-state index in [0.29, 0.717) is 30.0 Å². The number of carbonyl (C=O) groups is 2. The molecular weight excluding hydrogens is 424 g/mol. The van der Waals surface area contributed by atoms with Gasteiger partial charge < -0.3 is 15.0 Å². The molecule has 34 heavy (non-hydrogen) atoms. The molecule has 0 saturated heterocycles. The molecule has 5 heteroatoms. The first-order valence-corrected chi connectivity index (χ1v) is 12.0. The van der Waals surface area contributed by atoms with Crippen LogP contribution in [0.15, 0.2) is 78.9 Å². The Hall–Kier alpha value is -3.60. The summed E-state index contributed by atoms with van der Waals surface area (Å²) in [5.41, 5.74) is 2.75. The van der Waals surface area contributed by atoms with E-state index < -0.39 is 0 Å². The van der Waals surface area contributed by atoms with E-state index >= 15 is 0 Å². The van der Waals surface area contributed by atoms with Gasteiger partial charge in [-0.25, -0.2) is 0 Å². The van der Waals surface area contributed by atoms with Crippen molar-refractivity contribution < 1.29 is 14.3 Å². The zero-order valence-corrected chi connectivity index (χ0v) is 20.1. The summed E-state index contributed by atoms with van der Waals surface area (Å²) in [4.78, 5) is 27.5. The number of unbranched alkanes of at least 4 members (excludes halogenated alkanes) is 3. The number of rotatable bonds is 12. The van der Waals surface area contributed by atoms with Crippen LogP contribution in [-0.2, 0) is 6.42 Å². The van der Waals surface area contributed by atoms with Crippen molar-refractivity contribution in [3.63, 3.8) is 0 Å². The standard InChI is InChI=1S/C29H34N2O3/c1-3-4-5-11-22-34-25-18-16-24(17-19-25)29(33)31(2)27-15-10-9-14-26(27)28(32)30-21-20-23-12-7-6-8-13-23/h6-10,12-19H,3-5,11,20-22H2,1-2H3,(H,30,32). The molecule has 0 saturated carbocycles. The number of ether oxygens (including phenoxy) is 1. The minimum absolute atomic E-state index is 0.181. The van der Waals surface area contributed by atoms with Crippen molar-refractivity contribution in [1.82, 2.24) is 5.32 Å². The average molecular weight is 459 g/mol. The molecular formula is C29H34N2O3. The summed E-state index contributed by atoms with van der Waals surface area (Å²) in [5.74, 6) is 0.380. The number of nitrogens with zero attached hydrogens (tertiary/aromatic N) is 1. The summed E-state index contributed by atoms with van der Waals surface area (Å²) in [6, 6.07) is 24.4. The molecule has 3 aromatic rings. The van der Waals surface area contributed by atoms with Gasteiger partial charge in [0.1, 0.15) is 5.75 Å². The van der Waals surface area contributed by atoms with Gasteiger partial charge in [0.05, 0.1) is 17.9 Å². The molecule has 3 rings (SSSR count). The number of carbonyl (C=O) groups excluding carboxylic acids is 2. The van der Waals surface area contributed by atoms with E-state index in [1.807, 2.05) is 48.5 Å². The fourth-order valence-corrected chi connectivity index (χ4v) is 3.73. The van der Waals surface area contributed by atoms with E-state index in [4.69, 9.17) is 4.74 Å². The Bertz CT molecular complexity index is 1050. The molecule has 0 aliphatic carbocycles. The average Bonchev–Trinajstić information content (AvgIpc) is 2.88. The second kappa shape index (κ2) is 13.2. The summed E-state index contributed by atoms with van der Waals surface area (Å²) in [7, 11) is 1.69. The molecule has 0 aromatic heterocycles. The highest BCUT2D eigenvalue weighted by Crippen LogP contribution is 2.22. The summed E-state index contributed by atoms with van der Waals surface area (Å²) in [5, 5.41) is 2.97. The number of hydrogen-bond donors (Lipinski definition) is 1. The van der Waals surface area contributed by atoms with Crippen LogP contribution in [0.2, 0.25) is 0 Å². The Labute approximate surface area is 202 Å². The third kappa shape index (κ3) is 7.20. The van der Waals surface area contributed by atoms with Crippen LogP contribution in [0.3, 0.4) is 0 Å². The highest BCUT2D eigenvalue weighted by atomic mass is 16.5. The number of amides is 2. The summed E-state index contributed by atoms with van der Waals surface area (Å²) < 4.78 is 5.77. The maximum absolute atomic E-state index is 13.1. The lowest BCUT2D eigenvalue weighted by Crippen LogP contribution is -2.31. The Kier molecular flexibility index (Phi) is 9.71. The van der Waals surface area contributed by atoms with Crippen molar-refractivity contribution in [1.29, 1.82) is 0 Å². The Balaban J connectivity index is 1.60. The van der Waals surface area contributed by atoms with Gasteiger partial charge in [-0.05, 0) is 54.8 Å². The van der Waals surface area contributed by atoms with Crippen LogP contribution in [0.1, 0.15) is 58.9 Å². The molecule has 1 N–H and O–H groups in total. The van der Waals surface area contributed by atoms with Crippen LogP contribution in [0, 0.1) is 0 Å². The SMILES string of the molecule is CCCCCCOc1ccc(C(=O)N(C)c2ccccc2C(=O)NCCc2ccccc2)cc1. The van der Waals surface area contributed by atoms with E-state index in [2.05, 4.69) is 12.2 Å². The van der Waals surface area contributed by atoms with Crippen LogP contribution in [0.4, 0.5) is 5.69 Å². The summed E-state index contributed by atoms with van der Waals surface area (Å²) in [6.45, 7) is 3.39. The first-order valence-electron chi connectivity index (χ1n) is 12.0. The normalized spacial score (nSPS) is 10.5. The smallest absolute Gasteiger partial charge is 0.258 e. The quantitative estimate of drug-likeness (QED) is 0.344. The zero-order chi connectivity index (χ0) is 24.2. The lowest BCUT2D eigenvalue weighted by atomic mass is 10.1. The van der Waals surface area contributed by atoms with Gasteiger partial charge in [0.25, 0.3) is 11.8 Å². The Morgan fingerprint density at radius 1 is 0.853 bits per heavy atom. The molecule has 178 valence electrons. The minimum atomic E-state index is -0.196. The Morgan fingerprint density at radius 2 is 1.56 bits per heavy atom. The van der Waals surface area contributed by atoms with Crippen molar-refractivity contribution in [2.24, 2.45) is 0 Å². The number of para-hydroxylation sites is 1. The first kappa shape index (κ1) is 25.0. The van der Waals surface area contributed by atoms with Crippen molar-refractivity contribution >= 4 is 17.5 Å². The van der Waals surface area contributed by atoms with Crippen molar-refractivity contribution in [3.05, 3.63) is 95.6 Å². The number of anilines is 1. The van der Waals surface area contributed by atoms with Crippen LogP contribution < -0.4 is 15.0 Å². The van der Waals surface area contributed by atoms with Crippen LogP contribution in [-0.4, -0.2) is 32.0 Å². The number of hydrogen-bond acceptors (Lipinski definition) is 3. The lowest BCUT2D eigenvalue weighted by molar-refractivity contribution is 0.0954. The van der Waals surface area contributed by atoms with E-state index in [1.165, 1.54) is 17.7 Å². The highest BCUT2D eigenvalue weighted by Gasteiger charge is 2.19. The third-order valence-corrected chi connectivity index (χ3v) is 5.72. The monoisotopic (exact) mass is 458 g/mol. The summed E-state index contributed by atoms with van der Waals surface area (Å²) >= 11 is 0. The molecule has 0 bridgehead atoms. The van der Waals surface area contributed by atoms with E-state index in [1.54, 1.807) is 37.4 Å². The minimum Gasteiger partial charge on any atom is -0.494 e. The van der Waals surface area contributed by atoms with Crippen LogP contribution in [0.25, 0.3) is 0 Å². The predicted molar refractivity (Wildman–Crippen MR) is 138 cm³/mol. The fourth-order valence-electron chi connectivity index (χ4n) is 3.73. The number of benzene rings is 3. The molecule has 0 aliphatic rings. The third-order valence-electron chi connectivity index (χ3n) is 5.72. The molecule has 0 atom stereocenters. The van der Waals surface area contributed by atoms with Gasteiger partial charge in [0.15, 0.2) is 0 Å². The van der Waals surface area contributed by atoms with Gasteiger partial charge in [-0.15, -0.1) is 0 Å². The molecule has 0 unspecified atom stereocenters. The molecule has 0 heterocycles. The molecule has 0 aliphatic heterocycles. The van der Waals surface area contributed by atoms with Gasteiger partial charge >= 0.3 is 0 Å². The first-order chi connectivity index (χ1) is 16.6. The van der Waals surface area contributed by atoms with Crippen molar-refractivity contribution in [3.8, 4) is 5.75 Å². The van der Waals surface area contributed by atoms with Gasteiger partial charge in [0.2, 0.25) is 0 Å². The van der Waals surface area contributed by atoms with E-state index in [9.17, 15) is 9.59 Å². The molecule has 3 aromatic carbocycles. The molecule has 0 fully saturated rings. The highest BCUT2D eigenvalue weighted by molar-refractivity contribution is 6.10. The van der Waals surface area contributed by atoms with Gasteiger partial charge in [-0.2, -0.15) is 0 Å². The van der Waals surface area contributed by atoms with Gasteiger partial charge in [-0.1, -0.05) is 68.7 Å². The lowest BCUT2D eigenvalue weighted by Gasteiger charge is -2.21. The van der Waals surface area contributed by atoms with E-state index in [-0.39, 0.29) is 11.8 Å². The van der Waals surface area contributed by atoms with Gasteiger partial charge in [0, 0.05) is 19.2 Å². The predicted octanol–water partition coefficient (Wildman–Crippen LogP) is 5.89. The van der Waals surface area contributed by atoms with Crippen LogP contribution >= 0.6 is 0 Å². The second-order valence-electron chi connectivity index (χ2n) is 8.31. The number of nitrogens with one attached hydrogen (secondary N) is 1. The summed E-state index contributed by atoms with van der Waals surface area (Å²) in [6.07, 6.45) is 5.35. The molecule has 0 spiro atoms. The molecule has 0 radical (unpaired) electrons. The second-order valence-corrected chi connectivity index (χ2v) is 8.31. The molecule has 5 nitrogen and oxygen atoms in total. The van der Waals surface area contributed by atoms with Gasteiger partial charge in [-0.3, -0.25) is 9.59 Å². The van der Waals surface area contributed by atoms with E-state index in [0.717, 1.165) is 30.6 Å². The van der Waals surface area contributed by atoms with Crippen LogP contribution in [0.5, 0.6) is 5.75 Å². The van der Waals surface area contributed by atoms with Crippen molar-refractivity contribution in [2.45, 2.75) is 39.0 Å². The molecule has 2 amide bonds. The Morgan fingerprint density at radius 3 is 2.29 bits per heavy atom. The van der Waals surface area contributed by atoms with Crippen molar-refractivity contribution in [2.75, 3.05) is 25.1 Å².